The highest BCUT2D eigenvalue weighted by atomic mass is 32.1. The third-order valence-corrected chi connectivity index (χ3v) is 5.05. The first-order chi connectivity index (χ1) is 11.6. The first kappa shape index (κ1) is 16.8. The standard InChI is InChI=1S/C16H24N6OS/c1-20(2)13(14-4-3-10-23-14)12-19-15(17)21-6-8-22(9-7-21)16-18-5-11-24-16/h3-5,10-11,13H,6-9,12H2,1-2H3,(H2,17,19). The van der Waals surface area contributed by atoms with E-state index in [1.165, 1.54) is 0 Å². The van der Waals surface area contributed by atoms with Gasteiger partial charge in [-0.05, 0) is 26.2 Å². The Kier molecular flexibility index (Phi) is 5.37. The molecule has 2 N–H and O–H groups in total. The second-order valence-electron chi connectivity index (χ2n) is 5.98. The smallest absolute Gasteiger partial charge is 0.191 e. The lowest BCUT2D eigenvalue weighted by Gasteiger charge is -2.35. The van der Waals surface area contributed by atoms with Crippen LogP contribution in [0.15, 0.2) is 39.4 Å². The van der Waals surface area contributed by atoms with Gasteiger partial charge in [-0.25, -0.2) is 4.98 Å². The molecule has 3 heterocycles. The lowest BCUT2D eigenvalue weighted by molar-refractivity contribution is 0.264. The van der Waals surface area contributed by atoms with E-state index in [1.807, 2.05) is 37.8 Å². The molecular formula is C16H24N6OS. The van der Waals surface area contributed by atoms with E-state index < -0.39 is 0 Å². The third kappa shape index (κ3) is 3.88. The Morgan fingerprint density at radius 3 is 2.79 bits per heavy atom. The van der Waals surface area contributed by atoms with E-state index in [9.17, 15) is 0 Å². The number of nitrogens with two attached hydrogens (primary N) is 1. The van der Waals surface area contributed by atoms with Gasteiger partial charge in [0.15, 0.2) is 11.1 Å². The first-order valence-electron chi connectivity index (χ1n) is 8.04. The molecule has 1 aliphatic heterocycles. The summed E-state index contributed by atoms with van der Waals surface area (Å²) >= 11 is 1.67. The van der Waals surface area contributed by atoms with Crippen LogP contribution >= 0.6 is 11.3 Å². The summed E-state index contributed by atoms with van der Waals surface area (Å²) in [5, 5.41) is 3.09. The summed E-state index contributed by atoms with van der Waals surface area (Å²) in [6.45, 7) is 4.14. The third-order valence-electron chi connectivity index (χ3n) is 4.21. The topological polar surface area (TPSA) is 74.1 Å². The Hall–Kier alpha value is -2.06. The molecule has 1 aliphatic rings. The van der Waals surface area contributed by atoms with Crippen LogP contribution < -0.4 is 10.6 Å². The maximum Gasteiger partial charge on any atom is 0.191 e. The van der Waals surface area contributed by atoms with Crippen molar-refractivity contribution in [2.24, 2.45) is 10.7 Å². The zero-order valence-corrected chi connectivity index (χ0v) is 14.9. The number of anilines is 1. The fourth-order valence-corrected chi connectivity index (χ4v) is 3.46. The number of piperazine rings is 1. The number of likely N-dealkylation sites (N-methyl/N-ethyl adjacent to an activating group) is 1. The number of nitrogens with zero attached hydrogens (tertiary/aromatic N) is 5. The molecule has 0 aliphatic carbocycles. The molecule has 8 heteroatoms. The van der Waals surface area contributed by atoms with Gasteiger partial charge in [-0.2, -0.15) is 0 Å². The van der Waals surface area contributed by atoms with E-state index in [0.29, 0.717) is 12.5 Å². The lowest BCUT2D eigenvalue weighted by Crippen LogP contribution is -2.51. The van der Waals surface area contributed by atoms with Crippen molar-refractivity contribution in [3.05, 3.63) is 35.7 Å². The molecule has 2 aromatic rings. The fraction of sp³-hybridized carbons (Fsp3) is 0.500. The van der Waals surface area contributed by atoms with Gasteiger partial charge in [0, 0.05) is 37.8 Å². The van der Waals surface area contributed by atoms with Gasteiger partial charge in [0.05, 0.1) is 18.8 Å². The maximum absolute atomic E-state index is 6.21. The molecule has 1 unspecified atom stereocenters. The molecule has 0 radical (unpaired) electrons. The molecule has 0 spiro atoms. The molecule has 0 bridgehead atoms. The van der Waals surface area contributed by atoms with Crippen LogP contribution in [0.1, 0.15) is 11.8 Å². The van der Waals surface area contributed by atoms with Gasteiger partial charge >= 0.3 is 0 Å². The van der Waals surface area contributed by atoms with E-state index in [-0.39, 0.29) is 6.04 Å². The fourth-order valence-electron chi connectivity index (χ4n) is 2.77. The van der Waals surface area contributed by atoms with Crippen LogP contribution in [0.4, 0.5) is 5.13 Å². The quantitative estimate of drug-likeness (QED) is 0.652. The molecule has 7 nitrogen and oxygen atoms in total. The molecule has 2 aromatic heterocycles. The second kappa shape index (κ2) is 7.67. The molecule has 1 saturated heterocycles. The van der Waals surface area contributed by atoms with E-state index in [4.69, 9.17) is 10.2 Å². The number of aliphatic imine (C=N–C) groups is 1. The van der Waals surface area contributed by atoms with Crippen LogP contribution in [0.3, 0.4) is 0 Å². The maximum atomic E-state index is 6.21. The van der Waals surface area contributed by atoms with Crippen molar-refractivity contribution in [3.63, 3.8) is 0 Å². The van der Waals surface area contributed by atoms with Crippen molar-refractivity contribution in [1.82, 2.24) is 14.8 Å². The molecule has 0 saturated carbocycles. The lowest BCUT2D eigenvalue weighted by atomic mass is 10.2. The van der Waals surface area contributed by atoms with Gasteiger partial charge in [0.2, 0.25) is 0 Å². The minimum atomic E-state index is 0.0927. The molecule has 130 valence electrons. The van der Waals surface area contributed by atoms with Crippen LogP contribution in [0.25, 0.3) is 0 Å². The van der Waals surface area contributed by atoms with Crippen LogP contribution in [0.5, 0.6) is 0 Å². The summed E-state index contributed by atoms with van der Waals surface area (Å²) < 4.78 is 5.51. The van der Waals surface area contributed by atoms with E-state index in [0.717, 1.165) is 37.1 Å². The van der Waals surface area contributed by atoms with E-state index in [1.54, 1.807) is 17.6 Å². The number of furan rings is 1. The molecule has 0 aromatic carbocycles. The predicted octanol–water partition coefficient (Wildman–Crippen LogP) is 1.48. The second-order valence-corrected chi connectivity index (χ2v) is 6.86. The monoisotopic (exact) mass is 348 g/mol. The Bertz CT molecular complexity index is 632. The number of hydrogen-bond donors (Lipinski definition) is 1. The van der Waals surface area contributed by atoms with E-state index >= 15 is 0 Å². The van der Waals surface area contributed by atoms with Crippen molar-refractivity contribution in [2.45, 2.75) is 6.04 Å². The van der Waals surface area contributed by atoms with Gasteiger partial charge in [-0.15, -0.1) is 11.3 Å². The Balaban J connectivity index is 1.56. The average molecular weight is 348 g/mol. The molecule has 3 rings (SSSR count). The largest absolute Gasteiger partial charge is 0.468 e. The average Bonchev–Trinajstić information content (AvgIpc) is 3.28. The van der Waals surface area contributed by atoms with Crippen LogP contribution in [-0.4, -0.2) is 67.6 Å². The molecular weight excluding hydrogens is 324 g/mol. The highest BCUT2D eigenvalue weighted by Gasteiger charge is 2.21. The van der Waals surface area contributed by atoms with Crippen molar-refractivity contribution >= 4 is 22.4 Å². The van der Waals surface area contributed by atoms with Crippen molar-refractivity contribution in [3.8, 4) is 0 Å². The van der Waals surface area contributed by atoms with Crippen molar-refractivity contribution in [1.29, 1.82) is 0 Å². The summed E-state index contributed by atoms with van der Waals surface area (Å²) in [5.74, 6) is 1.51. The Morgan fingerprint density at radius 1 is 1.42 bits per heavy atom. The number of thiazole rings is 1. The SMILES string of the molecule is CN(C)C(CN=C(N)N1CCN(c2nccs2)CC1)c1ccco1. The summed E-state index contributed by atoms with van der Waals surface area (Å²) in [6.07, 6.45) is 3.54. The van der Waals surface area contributed by atoms with Gasteiger partial charge in [0.25, 0.3) is 0 Å². The molecule has 1 atom stereocenters. The van der Waals surface area contributed by atoms with Crippen LogP contribution in [0, 0.1) is 0 Å². The zero-order chi connectivity index (χ0) is 16.9. The van der Waals surface area contributed by atoms with Crippen LogP contribution in [0.2, 0.25) is 0 Å². The highest BCUT2D eigenvalue weighted by Crippen LogP contribution is 2.20. The molecule has 24 heavy (non-hydrogen) atoms. The Labute approximate surface area is 146 Å². The number of hydrogen-bond acceptors (Lipinski definition) is 6. The van der Waals surface area contributed by atoms with Gasteiger partial charge in [-0.1, -0.05) is 0 Å². The van der Waals surface area contributed by atoms with Crippen molar-refractivity contribution < 1.29 is 4.42 Å². The van der Waals surface area contributed by atoms with Gasteiger partial charge < -0.3 is 20.0 Å². The zero-order valence-electron chi connectivity index (χ0n) is 14.1. The minimum absolute atomic E-state index is 0.0927. The number of aromatic nitrogens is 1. The highest BCUT2D eigenvalue weighted by molar-refractivity contribution is 7.13. The number of rotatable bonds is 5. The van der Waals surface area contributed by atoms with Gasteiger partial charge in [-0.3, -0.25) is 9.89 Å². The summed E-state index contributed by atoms with van der Waals surface area (Å²) in [4.78, 5) is 15.5. The summed E-state index contributed by atoms with van der Waals surface area (Å²) in [7, 11) is 4.04. The Morgan fingerprint density at radius 2 is 2.21 bits per heavy atom. The van der Waals surface area contributed by atoms with E-state index in [2.05, 4.69) is 24.7 Å². The summed E-state index contributed by atoms with van der Waals surface area (Å²) in [6, 6.07) is 3.97. The molecule has 0 amide bonds. The predicted molar refractivity (Wildman–Crippen MR) is 97.5 cm³/mol. The van der Waals surface area contributed by atoms with Crippen molar-refractivity contribution in [2.75, 3.05) is 51.7 Å². The number of guanidine groups is 1. The molecule has 1 fully saturated rings. The van der Waals surface area contributed by atoms with Crippen LogP contribution in [-0.2, 0) is 0 Å². The van der Waals surface area contributed by atoms with Gasteiger partial charge in [0.1, 0.15) is 5.76 Å². The first-order valence-corrected chi connectivity index (χ1v) is 8.92. The minimum Gasteiger partial charge on any atom is -0.468 e. The normalized spacial score (nSPS) is 17.5. The summed E-state index contributed by atoms with van der Waals surface area (Å²) in [5.41, 5.74) is 6.21.